The van der Waals surface area contributed by atoms with E-state index in [9.17, 15) is 9.59 Å². The Labute approximate surface area is 179 Å². The number of hydrogen-bond acceptors (Lipinski definition) is 5. The lowest BCUT2D eigenvalue weighted by Gasteiger charge is -2.05. The SMILES string of the molecule is O=C(CSc1nnc(Cc2ccc(Cl)c(Cl)c2)c(=O)[nH]1)Nc1ccc(Cl)cc1. The fourth-order valence-corrected chi connectivity index (χ4v) is 3.28. The molecule has 1 heterocycles. The van der Waals surface area contributed by atoms with Crippen LogP contribution in [0.15, 0.2) is 52.4 Å². The molecule has 2 N–H and O–H groups in total. The second-order valence-corrected chi connectivity index (χ2v) is 7.89. The Morgan fingerprint density at radius 1 is 1.04 bits per heavy atom. The monoisotopic (exact) mass is 454 g/mol. The maximum Gasteiger partial charge on any atom is 0.273 e. The molecule has 2 aromatic carbocycles. The van der Waals surface area contributed by atoms with Gasteiger partial charge in [0.2, 0.25) is 5.91 Å². The zero-order valence-electron chi connectivity index (χ0n) is 14.2. The number of hydrogen-bond donors (Lipinski definition) is 2. The molecule has 10 heteroatoms. The van der Waals surface area contributed by atoms with Crippen molar-refractivity contribution in [3.63, 3.8) is 0 Å². The molecule has 0 saturated heterocycles. The van der Waals surface area contributed by atoms with Crippen molar-refractivity contribution >= 4 is 58.2 Å². The Bertz CT molecular complexity index is 1060. The van der Waals surface area contributed by atoms with E-state index in [0.717, 1.165) is 17.3 Å². The highest BCUT2D eigenvalue weighted by atomic mass is 35.5. The van der Waals surface area contributed by atoms with Crippen LogP contribution in [0.3, 0.4) is 0 Å². The summed E-state index contributed by atoms with van der Waals surface area (Å²) in [5.74, 6) is -0.172. The number of nitrogens with zero attached hydrogens (tertiary/aromatic N) is 2. The molecular formula is C18H13Cl3N4O2S. The highest BCUT2D eigenvalue weighted by Gasteiger charge is 2.10. The van der Waals surface area contributed by atoms with Crippen molar-refractivity contribution < 1.29 is 4.79 Å². The predicted octanol–water partition coefficient (Wildman–Crippen LogP) is 4.45. The second-order valence-electron chi connectivity index (χ2n) is 5.67. The van der Waals surface area contributed by atoms with Gasteiger partial charge in [0.1, 0.15) is 5.69 Å². The summed E-state index contributed by atoms with van der Waals surface area (Å²) in [4.78, 5) is 26.8. The fraction of sp³-hybridized carbons (Fsp3) is 0.111. The van der Waals surface area contributed by atoms with Gasteiger partial charge in [0.05, 0.1) is 15.8 Å². The number of amides is 1. The molecule has 144 valence electrons. The molecule has 0 atom stereocenters. The van der Waals surface area contributed by atoms with E-state index >= 15 is 0 Å². The molecule has 1 amide bonds. The molecule has 0 saturated carbocycles. The van der Waals surface area contributed by atoms with Crippen LogP contribution < -0.4 is 10.9 Å². The maximum absolute atomic E-state index is 12.2. The Balaban J connectivity index is 1.59. The third kappa shape index (κ3) is 5.72. The van der Waals surface area contributed by atoms with E-state index in [1.165, 1.54) is 0 Å². The van der Waals surface area contributed by atoms with Crippen LogP contribution in [0.5, 0.6) is 0 Å². The van der Waals surface area contributed by atoms with Crippen LogP contribution in [0.1, 0.15) is 11.3 Å². The number of carbonyl (C=O) groups excluding carboxylic acids is 1. The first-order valence-corrected chi connectivity index (χ1v) is 10.1. The van der Waals surface area contributed by atoms with Crippen molar-refractivity contribution in [3.8, 4) is 0 Å². The molecule has 0 bridgehead atoms. The number of aromatic amines is 1. The van der Waals surface area contributed by atoms with E-state index in [-0.39, 0.29) is 34.5 Å². The molecule has 0 fully saturated rings. The van der Waals surface area contributed by atoms with Crippen molar-refractivity contribution in [2.45, 2.75) is 11.6 Å². The zero-order chi connectivity index (χ0) is 20.1. The molecule has 0 radical (unpaired) electrons. The van der Waals surface area contributed by atoms with Gasteiger partial charge in [-0.15, -0.1) is 10.2 Å². The predicted molar refractivity (Wildman–Crippen MR) is 113 cm³/mol. The van der Waals surface area contributed by atoms with Gasteiger partial charge in [-0.1, -0.05) is 52.6 Å². The van der Waals surface area contributed by atoms with Crippen molar-refractivity contribution in [2.24, 2.45) is 0 Å². The fourth-order valence-electron chi connectivity index (χ4n) is 2.23. The Morgan fingerprint density at radius 2 is 1.79 bits per heavy atom. The minimum absolute atomic E-state index is 0.0688. The molecule has 0 aliphatic rings. The highest BCUT2D eigenvalue weighted by Crippen LogP contribution is 2.23. The number of anilines is 1. The first-order chi connectivity index (χ1) is 13.4. The summed E-state index contributed by atoms with van der Waals surface area (Å²) in [7, 11) is 0. The number of carbonyl (C=O) groups is 1. The summed E-state index contributed by atoms with van der Waals surface area (Å²) in [5, 5.41) is 12.3. The van der Waals surface area contributed by atoms with Gasteiger partial charge in [0, 0.05) is 17.1 Å². The molecule has 0 unspecified atom stereocenters. The third-order valence-electron chi connectivity index (χ3n) is 3.57. The molecule has 0 aliphatic heterocycles. The largest absolute Gasteiger partial charge is 0.325 e. The lowest BCUT2D eigenvalue weighted by atomic mass is 10.1. The Kier molecular flexibility index (Phi) is 6.96. The van der Waals surface area contributed by atoms with Crippen molar-refractivity contribution in [2.75, 3.05) is 11.1 Å². The first kappa shape index (κ1) is 20.7. The van der Waals surface area contributed by atoms with E-state index in [4.69, 9.17) is 34.8 Å². The number of aromatic nitrogens is 3. The van der Waals surface area contributed by atoms with E-state index in [0.29, 0.717) is 20.8 Å². The van der Waals surface area contributed by atoms with Gasteiger partial charge in [-0.3, -0.25) is 14.6 Å². The van der Waals surface area contributed by atoms with Gasteiger partial charge in [0.25, 0.3) is 5.56 Å². The molecule has 1 aromatic heterocycles. The lowest BCUT2D eigenvalue weighted by Crippen LogP contribution is -2.19. The molecule has 3 rings (SSSR count). The van der Waals surface area contributed by atoms with E-state index in [1.807, 2.05) is 0 Å². The van der Waals surface area contributed by atoms with Gasteiger partial charge in [-0.2, -0.15) is 0 Å². The molecule has 3 aromatic rings. The summed E-state index contributed by atoms with van der Waals surface area (Å²) in [6.07, 6.45) is 0.265. The number of rotatable bonds is 6. The van der Waals surface area contributed by atoms with Crippen molar-refractivity contribution in [3.05, 3.63) is 79.1 Å². The number of halogens is 3. The van der Waals surface area contributed by atoms with Crippen molar-refractivity contribution in [1.82, 2.24) is 15.2 Å². The van der Waals surface area contributed by atoms with Gasteiger partial charge in [0.15, 0.2) is 5.16 Å². The number of H-pyrrole nitrogens is 1. The highest BCUT2D eigenvalue weighted by molar-refractivity contribution is 7.99. The average molecular weight is 456 g/mol. The average Bonchev–Trinajstić information content (AvgIpc) is 2.67. The normalized spacial score (nSPS) is 10.7. The molecule has 6 nitrogen and oxygen atoms in total. The third-order valence-corrected chi connectivity index (χ3v) is 5.42. The van der Waals surface area contributed by atoms with Gasteiger partial charge in [-0.05, 0) is 42.0 Å². The van der Waals surface area contributed by atoms with Crippen molar-refractivity contribution in [1.29, 1.82) is 0 Å². The van der Waals surface area contributed by atoms with Crippen LogP contribution in [0.4, 0.5) is 5.69 Å². The number of benzene rings is 2. The van der Waals surface area contributed by atoms with Crippen LogP contribution >= 0.6 is 46.6 Å². The summed E-state index contributed by atoms with van der Waals surface area (Å²) in [5.41, 5.74) is 1.29. The van der Waals surface area contributed by atoms with E-state index in [1.54, 1.807) is 42.5 Å². The van der Waals surface area contributed by atoms with Crippen LogP contribution in [-0.4, -0.2) is 26.8 Å². The lowest BCUT2D eigenvalue weighted by molar-refractivity contribution is -0.113. The summed E-state index contributed by atoms with van der Waals surface area (Å²) < 4.78 is 0. The number of thioether (sulfide) groups is 1. The second kappa shape index (κ2) is 9.43. The number of nitrogens with one attached hydrogen (secondary N) is 2. The zero-order valence-corrected chi connectivity index (χ0v) is 17.3. The smallest absolute Gasteiger partial charge is 0.273 e. The summed E-state index contributed by atoms with van der Waals surface area (Å²) >= 11 is 18.7. The quantitative estimate of drug-likeness (QED) is 0.536. The summed E-state index contributed by atoms with van der Waals surface area (Å²) in [6, 6.07) is 11.9. The standard InChI is InChI=1S/C18H13Cl3N4O2S/c19-11-2-4-12(5-3-11)22-16(26)9-28-18-23-17(27)15(24-25-18)8-10-1-6-13(20)14(21)7-10/h1-7H,8-9H2,(H,22,26)(H,23,25,27). The first-order valence-electron chi connectivity index (χ1n) is 7.99. The Hall–Kier alpha value is -2.06. The van der Waals surface area contributed by atoms with Crippen LogP contribution in [0, 0.1) is 0 Å². The summed E-state index contributed by atoms with van der Waals surface area (Å²) in [6.45, 7) is 0. The van der Waals surface area contributed by atoms with Gasteiger partial charge in [-0.25, -0.2) is 0 Å². The van der Waals surface area contributed by atoms with Crippen LogP contribution in [0.25, 0.3) is 0 Å². The van der Waals surface area contributed by atoms with E-state index in [2.05, 4.69) is 20.5 Å². The molecule has 28 heavy (non-hydrogen) atoms. The Morgan fingerprint density at radius 3 is 2.46 bits per heavy atom. The molecule has 0 spiro atoms. The molecular weight excluding hydrogens is 443 g/mol. The topological polar surface area (TPSA) is 87.7 Å². The van der Waals surface area contributed by atoms with Gasteiger partial charge >= 0.3 is 0 Å². The minimum Gasteiger partial charge on any atom is -0.325 e. The van der Waals surface area contributed by atoms with Gasteiger partial charge < -0.3 is 5.32 Å². The molecule has 0 aliphatic carbocycles. The maximum atomic E-state index is 12.2. The minimum atomic E-state index is -0.373. The van der Waals surface area contributed by atoms with Crippen LogP contribution in [0.2, 0.25) is 15.1 Å². The van der Waals surface area contributed by atoms with E-state index < -0.39 is 0 Å². The van der Waals surface area contributed by atoms with Crippen LogP contribution in [-0.2, 0) is 11.2 Å².